The van der Waals surface area contributed by atoms with Gasteiger partial charge < -0.3 is 14.4 Å². The van der Waals surface area contributed by atoms with Gasteiger partial charge in [0.25, 0.3) is 0 Å². The molecular weight excluding hydrogens is 472 g/mol. The molecule has 0 radical (unpaired) electrons. The molecule has 35 heavy (non-hydrogen) atoms. The van der Waals surface area contributed by atoms with Crippen LogP contribution < -0.4 is 4.74 Å². The van der Waals surface area contributed by atoms with Crippen LogP contribution in [0, 0.1) is 11.7 Å². The fourth-order valence-electron chi connectivity index (χ4n) is 4.48. The molecule has 192 valence electrons. The second-order valence-corrected chi connectivity index (χ2v) is 8.95. The Hall–Kier alpha value is -2.96. The van der Waals surface area contributed by atoms with E-state index in [-0.39, 0.29) is 5.75 Å². The first-order valence-corrected chi connectivity index (χ1v) is 11.6. The van der Waals surface area contributed by atoms with Gasteiger partial charge in [-0.3, -0.25) is 4.90 Å². The molecular formula is C22H28F4N6O3. The molecule has 2 aromatic rings. The Morgan fingerprint density at radius 3 is 2.46 bits per heavy atom. The molecule has 1 aromatic heterocycles. The third-order valence-corrected chi connectivity index (χ3v) is 6.65. The van der Waals surface area contributed by atoms with Gasteiger partial charge in [-0.2, -0.15) is 13.2 Å². The van der Waals surface area contributed by atoms with E-state index >= 15 is 0 Å². The lowest BCUT2D eigenvalue weighted by molar-refractivity contribution is -0.200. The summed E-state index contributed by atoms with van der Waals surface area (Å²) in [6, 6.07) is 4.93. The molecule has 1 aliphatic heterocycles. The lowest BCUT2D eigenvalue weighted by Crippen LogP contribution is -2.53. The zero-order valence-electron chi connectivity index (χ0n) is 19.3. The van der Waals surface area contributed by atoms with Gasteiger partial charge in [-0.15, -0.1) is 5.10 Å². The number of hydrogen-bond donors (Lipinski definition) is 0. The van der Waals surface area contributed by atoms with Gasteiger partial charge in [-0.25, -0.2) is 13.9 Å². The highest BCUT2D eigenvalue weighted by Gasteiger charge is 2.40. The summed E-state index contributed by atoms with van der Waals surface area (Å²) in [5.74, 6) is 0.0180. The third kappa shape index (κ3) is 6.38. The highest BCUT2D eigenvalue weighted by molar-refractivity contribution is 5.68. The fourth-order valence-corrected chi connectivity index (χ4v) is 4.48. The van der Waals surface area contributed by atoms with E-state index in [1.165, 1.54) is 22.0 Å². The number of hydrogen-bond acceptors (Lipinski definition) is 7. The summed E-state index contributed by atoms with van der Waals surface area (Å²) in [7, 11) is 0. The molecule has 0 bridgehead atoms. The molecule has 1 amide bonds. The highest BCUT2D eigenvalue weighted by atomic mass is 19.4. The monoisotopic (exact) mass is 500 g/mol. The van der Waals surface area contributed by atoms with Crippen LogP contribution in [0.1, 0.15) is 32.6 Å². The van der Waals surface area contributed by atoms with Crippen LogP contribution in [-0.4, -0.2) is 87.2 Å². The maximum Gasteiger partial charge on any atom is 0.425 e. The Bertz CT molecular complexity index is 974. The average molecular weight is 500 g/mol. The lowest BCUT2D eigenvalue weighted by atomic mass is 9.85. The van der Waals surface area contributed by atoms with Gasteiger partial charge >= 0.3 is 12.3 Å². The van der Waals surface area contributed by atoms with Crippen molar-refractivity contribution >= 4 is 6.09 Å². The van der Waals surface area contributed by atoms with Crippen molar-refractivity contribution in [2.24, 2.45) is 5.92 Å². The molecule has 1 atom stereocenters. The van der Waals surface area contributed by atoms with Crippen LogP contribution in [0.15, 0.2) is 24.5 Å². The number of amides is 1. The van der Waals surface area contributed by atoms with E-state index in [9.17, 15) is 22.4 Å². The molecule has 0 unspecified atom stereocenters. The van der Waals surface area contributed by atoms with Gasteiger partial charge in [0.05, 0.1) is 12.3 Å². The summed E-state index contributed by atoms with van der Waals surface area (Å²) in [5.41, 5.74) is 0.503. The molecule has 0 N–H and O–H groups in total. The Labute approximate surface area is 200 Å². The summed E-state index contributed by atoms with van der Waals surface area (Å²) >= 11 is 0. The summed E-state index contributed by atoms with van der Waals surface area (Å²) in [6.07, 6.45) is -2.47. The van der Waals surface area contributed by atoms with Gasteiger partial charge in [-0.1, -0.05) is 0 Å². The Morgan fingerprint density at radius 1 is 1.14 bits per heavy atom. The fraction of sp³-hybridized carbons (Fsp3) is 0.636. The SMILES string of the molecule is C[C@H](OC(=O)N1CCN(C2CCC(COc3ccc(-n4cnnn4)cc3F)CC2)CC1)C(F)(F)F. The first-order valence-electron chi connectivity index (χ1n) is 11.6. The number of rotatable bonds is 6. The molecule has 4 rings (SSSR count). The van der Waals surface area contributed by atoms with E-state index in [1.807, 2.05) is 0 Å². The van der Waals surface area contributed by atoms with E-state index in [1.54, 1.807) is 12.1 Å². The van der Waals surface area contributed by atoms with Gasteiger partial charge in [0, 0.05) is 38.3 Å². The van der Waals surface area contributed by atoms with Crippen molar-refractivity contribution in [3.05, 3.63) is 30.3 Å². The van der Waals surface area contributed by atoms with Crippen molar-refractivity contribution in [2.45, 2.75) is 50.9 Å². The first-order chi connectivity index (χ1) is 16.7. The minimum Gasteiger partial charge on any atom is -0.490 e. The number of benzene rings is 1. The second-order valence-electron chi connectivity index (χ2n) is 8.95. The van der Waals surface area contributed by atoms with E-state index in [0.29, 0.717) is 50.4 Å². The third-order valence-electron chi connectivity index (χ3n) is 6.65. The molecule has 1 saturated carbocycles. The van der Waals surface area contributed by atoms with Crippen LogP contribution in [0.5, 0.6) is 5.75 Å². The van der Waals surface area contributed by atoms with Crippen molar-refractivity contribution < 1.29 is 31.8 Å². The molecule has 1 saturated heterocycles. The van der Waals surface area contributed by atoms with Crippen LogP contribution in [0.3, 0.4) is 0 Å². The summed E-state index contributed by atoms with van der Waals surface area (Å²) in [6.45, 7) is 3.13. The topological polar surface area (TPSA) is 85.6 Å². The number of nitrogens with zero attached hydrogens (tertiary/aromatic N) is 6. The van der Waals surface area contributed by atoms with Gasteiger partial charge in [0.1, 0.15) is 6.33 Å². The van der Waals surface area contributed by atoms with E-state index < -0.39 is 24.2 Å². The van der Waals surface area contributed by atoms with Gasteiger partial charge in [0.2, 0.25) is 0 Å². The molecule has 1 aliphatic carbocycles. The predicted octanol–water partition coefficient (Wildman–Crippen LogP) is 3.44. The Kier molecular flexibility index (Phi) is 7.72. The zero-order chi connectivity index (χ0) is 25.0. The van der Waals surface area contributed by atoms with Crippen molar-refractivity contribution in [1.82, 2.24) is 30.0 Å². The largest absolute Gasteiger partial charge is 0.490 e. The number of aromatic nitrogens is 4. The molecule has 0 spiro atoms. The lowest BCUT2D eigenvalue weighted by Gasteiger charge is -2.41. The van der Waals surface area contributed by atoms with E-state index in [4.69, 9.17) is 4.74 Å². The molecule has 2 aliphatic rings. The number of tetrazole rings is 1. The summed E-state index contributed by atoms with van der Waals surface area (Å²) < 4.78 is 63.9. The summed E-state index contributed by atoms with van der Waals surface area (Å²) in [5, 5.41) is 10.8. The van der Waals surface area contributed by atoms with Crippen LogP contribution in [-0.2, 0) is 4.74 Å². The average Bonchev–Trinajstić information content (AvgIpc) is 3.38. The Morgan fingerprint density at radius 2 is 1.86 bits per heavy atom. The van der Waals surface area contributed by atoms with Crippen molar-refractivity contribution in [2.75, 3.05) is 32.8 Å². The number of ether oxygens (including phenoxy) is 2. The Balaban J connectivity index is 1.18. The summed E-state index contributed by atoms with van der Waals surface area (Å²) in [4.78, 5) is 15.6. The predicted molar refractivity (Wildman–Crippen MR) is 115 cm³/mol. The van der Waals surface area contributed by atoms with Gasteiger partial charge in [-0.05, 0) is 61.1 Å². The van der Waals surface area contributed by atoms with Crippen molar-refractivity contribution in [1.29, 1.82) is 0 Å². The molecule has 2 fully saturated rings. The molecule has 2 heterocycles. The minimum atomic E-state index is -4.56. The normalized spacial score (nSPS) is 22.6. The number of piperazine rings is 1. The molecule has 9 nitrogen and oxygen atoms in total. The van der Waals surface area contributed by atoms with Gasteiger partial charge in [0.15, 0.2) is 17.7 Å². The van der Waals surface area contributed by atoms with Crippen molar-refractivity contribution in [3.63, 3.8) is 0 Å². The van der Waals surface area contributed by atoms with Crippen LogP contribution in [0.2, 0.25) is 0 Å². The smallest absolute Gasteiger partial charge is 0.425 e. The number of carbonyl (C=O) groups excluding carboxylic acids is 1. The number of carbonyl (C=O) groups is 1. The maximum atomic E-state index is 14.4. The maximum absolute atomic E-state index is 14.4. The zero-order valence-corrected chi connectivity index (χ0v) is 19.3. The molecule has 13 heteroatoms. The quantitative estimate of drug-likeness (QED) is 0.562. The second kappa shape index (κ2) is 10.8. The standard InChI is InChI=1S/C22H28F4N6O3/c1-15(22(24,25)26)35-21(33)31-10-8-30(9-11-31)17-4-2-16(3-5-17)13-34-20-7-6-18(12-19(20)23)32-14-27-28-29-32/h6-7,12,14-17H,2-5,8-11,13H2,1H3/t15-,16?,17?/m0/s1. The first kappa shape index (κ1) is 25.1. The van der Waals surface area contributed by atoms with E-state index in [0.717, 1.165) is 32.6 Å². The minimum absolute atomic E-state index is 0.187. The number of halogens is 4. The highest BCUT2D eigenvalue weighted by Crippen LogP contribution is 2.30. The van der Waals surface area contributed by atoms with Crippen LogP contribution >= 0.6 is 0 Å². The van der Waals surface area contributed by atoms with Crippen LogP contribution in [0.25, 0.3) is 5.69 Å². The van der Waals surface area contributed by atoms with Crippen molar-refractivity contribution in [3.8, 4) is 11.4 Å². The molecule has 1 aromatic carbocycles. The van der Waals surface area contributed by atoms with Crippen LogP contribution in [0.4, 0.5) is 22.4 Å². The number of alkyl halides is 3. The van der Waals surface area contributed by atoms with E-state index in [2.05, 4.69) is 25.2 Å².